The van der Waals surface area contributed by atoms with Gasteiger partial charge in [-0.3, -0.25) is 0 Å². The molecule has 0 amide bonds. The molecule has 12 heterocycles. The second kappa shape index (κ2) is 39.5. The third kappa shape index (κ3) is 19.7. The molecule has 0 spiro atoms. The van der Waals surface area contributed by atoms with E-state index in [4.69, 9.17) is 27.0 Å². The van der Waals surface area contributed by atoms with Gasteiger partial charge in [-0.25, -0.2) is 15.0 Å². The van der Waals surface area contributed by atoms with E-state index in [1.54, 1.807) is 83.9 Å². The number of aromatic nitrogens is 9. The van der Waals surface area contributed by atoms with E-state index in [9.17, 15) is 0 Å². The molecule has 113 heavy (non-hydrogen) atoms. The molecule has 573 valence electrons. The van der Waals surface area contributed by atoms with Gasteiger partial charge >= 0.3 is 0 Å². The van der Waals surface area contributed by atoms with Crippen LogP contribution in [0.5, 0.6) is 0 Å². The third-order valence-corrected chi connectivity index (χ3v) is 17.8. The molecule has 12 nitrogen and oxygen atoms in total. The Bertz CT molecular complexity index is 5810. The summed E-state index contributed by atoms with van der Waals surface area (Å²) in [5.41, 5.74) is 17.9. The van der Waals surface area contributed by atoms with E-state index in [-0.39, 0.29) is 77.2 Å². The van der Waals surface area contributed by atoms with Crippen LogP contribution in [-0.2, 0) is 60.3 Å². The van der Waals surface area contributed by atoms with Crippen molar-refractivity contribution in [2.75, 3.05) is 0 Å². The maximum atomic E-state index is 8.67. The number of pyridine rings is 9. The summed E-state index contributed by atoms with van der Waals surface area (Å²) in [6.07, 6.45) is 10.4. The summed E-state index contributed by atoms with van der Waals surface area (Å²) in [6, 6.07) is 87.1. The summed E-state index contributed by atoms with van der Waals surface area (Å²) in [4.78, 5) is 39.4. The average molecular weight is 2020 g/mol. The van der Waals surface area contributed by atoms with Crippen LogP contribution in [-0.4, -0.2) is 44.9 Å². The summed E-state index contributed by atoms with van der Waals surface area (Å²) in [5, 5.41) is 3.68. The summed E-state index contributed by atoms with van der Waals surface area (Å²) in [6.45, 7) is 15.2. The molecule has 0 aliphatic carbocycles. The molecule has 0 unspecified atom stereocenters. The van der Waals surface area contributed by atoms with Crippen LogP contribution in [0.2, 0.25) is 0 Å². The first-order chi connectivity index (χ1) is 57.1. The molecular weight excluding hydrogens is 1930 g/mol. The number of aryl methyl sites for hydroxylation is 5. The van der Waals surface area contributed by atoms with Crippen LogP contribution < -0.4 is 0 Å². The standard InChI is InChI=1S/C23H23N2O.2C21H19N2O.3C11H8N.3Ir/c1-13(2)16-9-10-17(19-8-6-7-11-24-19)22-20(16)21-18(14(3)4)12-15(5)25-23(21)26-22;1-12(2)15-8-9-16(17-7-5-6-10-22-17)20-19(15)18-13(3)11-14(4)23-21(18)24-20;1-12(2)16-11-14(4)23-21-19(16)18-13(3)8-9-15(20(18)24-21)17-7-5-6-10-22-17;3*1-2-6-10(7-3-1)11-8-4-5-9-12-11;;;/h6-9,11-14H,1-5H3;2*5-8,10-12H,1-4H3;3*1-6,8-9H;;;/q6*-1;;;/i13D,14D;2*3D3,12D;;;;;;. The van der Waals surface area contributed by atoms with E-state index in [0.29, 0.717) is 94.8 Å². The fourth-order valence-electron chi connectivity index (χ4n) is 12.7. The van der Waals surface area contributed by atoms with Crippen LogP contribution in [0, 0.1) is 70.9 Å². The van der Waals surface area contributed by atoms with Crippen LogP contribution in [0.25, 0.3) is 134 Å². The van der Waals surface area contributed by atoms with Crippen molar-refractivity contribution in [1.29, 1.82) is 0 Å². The third-order valence-electron chi connectivity index (χ3n) is 17.8. The summed E-state index contributed by atoms with van der Waals surface area (Å²) >= 11 is 0. The second-order valence-electron chi connectivity index (χ2n) is 26.7. The van der Waals surface area contributed by atoms with E-state index in [0.717, 1.165) is 72.6 Å². The fraction of sp³-hybridized carbons (Fsp3) is 0.173. The van der Waals surface area contributed by atoms with Gasteiger partial charge in [0.25, 0.3) is 0 Å². The van der Waals surface area contributed by atoms with Gasteiger partial charge in [-0.05, 0) is 156 Å². The Hall–Kier alpha value is -11.0. The molecule has 0 saturated heterocycles. The fourth-order valence-corrected chi connectivity index (χ4v) is 12.7. The molecule has 6 aromatic carbocycles. The predicted molar refractivity (Wildman–Crippen MR) is 446 cm³/mol. The van der Waals surface area contributed by atoms with Gasteiger partial charge in [-0.1, -0.05) is 169 Å². The molecule has 0 aliphatic rings. The van der Waals surface area contributed by atoms with Crippen LogP contribution in [0.15, 0.2) is 269 Å². The van der Waals surface area contributed by atoms with Gasteiger partial charge in [0.15, 0.2) is 0 Å². The minimum atomic E-state index is -2.36. The van der Waals surface area contributed by atoms with Gasteiger partial charge in [0.1, 0.15) is 0 Å². The summed E-state index contributed by atoms with van der Waals surface area (Å²) in [5.74, 6) is -3.63. The molecule has 0 N–H and O–H groups in total. The van der Waals surface area contributed by atoms with Crippen molar-refractivity contribution >= 4 is 66.2 Å². The molecule has 0 fully saturated rings. The molecule has 12 aromatic heterocycles. The van der Waals surface area contributed by atoms with Gasteiger partial charge in [0, 0.05) is 144 Å². The zero-order chi connectivity index (χ0) is 85.5. The molecule has 18 aromatic rings. The van der Waals surface area contributed by atoms with Gasteiger partial charge in [0.2, 0.25) is 17.1 Å². The Labute approximate surface area is 716 Å². The quantitative estimate of drug-likeness (QED) is 0.120. The smallest absolute Gasteiger partial charge is 0.216 e. The van der Waals surface area contributed by atoms with Gasteiger partial charge in [0.05, 0.1) is 16.7 Å². The molecule has 0 aliphatic heterocycles. The Morgan fingerprint density at radius 3 is 0.903 bits per heavy atom. The van der Waals surface area contributed by atoms with Crippen molar-refractivity contribution < 1.29 is 87.3 Å². The minimum absolute atomic E-state index is 0. The molecule has 18 rings (SSSR count). The number of fused-ring (bicyclic) bond motifs is 9. The van der Waals surface area contributed by atoms with E-state index >= 15 is 0 Å². The van der Waals surface area contributed by atoms with Crippen molar-refractivity contribution in [3.8, 4) is 67.5 Å². The van der Waals surface area contributed by atoms with Crippen molar-refractivity contribution in [2.24, 2.45) is 0 Å². The van der Waals surface area contributed by atoms with Crippen LogP contribution in [0.3, 0.4) is 0 Å². The molecule has 15 heteroatoms. The van der Waals surface area contributed by atoms with E-state index < -0.39 is 37.3 Å². The second-order valence-corrected chi connectivity index (χ2v) is 26.7. The van der Waals surface area contributed by atoms with Crippen LogP contribution in [0.1, 0.15) is 143 Å². The molecule has 0 atom stereocenters. The van der Waals surface area contributed by atoms with Gasteiger partial charge in [-0.2, -0.15) is 0 Å². The number of hydrogen-bond donors (Lipinski definition) is 0. The Kier molecular flexibility index (Phi) is 24.8. The summed E-state index contributed by atoms with van der Waals surface area (Å²) in [7, 11) is 0. The summed E-state index contributed by atoms with van der Waals surface area (Å²) < 4.78 is 101. The monoisotopic (exact) mass is 2020 g/mol. The topological polar surface area (TPSA) is 155 Å². The number of nitrogens with zero attached hydrogens (tertiary/aromatic N) is 9. The zero-order valence-corrected chi connectivity index (χ0v) is 71.2. The maximum absolute atomic E-state index is 8.67. The van der Waals surface area contributed by atoms with E-state index in [1.807, 2.05) is 242 Å². The van der Waals surface area contributed by atoms with Crippen molar-refractivity contribution in [3.63, 3.8) is 0 Å². The predicted octanol–water partition coefficient (Wildman–Crippen LogP) is 25.2. The number of rotatable bonds is 10. The first-order valence-corrected chi connectivity index (χ1v) is 35.9. The zero-order valence-electron chi connectivity index (χ0n) is 74.0. The van der Waals surface area contributed by atoms with Crippen molar-refractivity contribution in [2.45, 2.75) is 113 Å². The van der Waals surface area contributed by atoms with E-state index in [1.165, 1.54) is 6.07 Å². The Morgan fingerprint density at radius 2 is 0.593 bits per heavy atom. The van der Waals surface area contributed by atoms with Crippen molar-refractivity contribution in [3.05, 3.63) is 342 Å². The molecule has 3 radical (unpaired) electrons. The van der Waals surface area contributed by atoms with Gasteiger partial charge < -0.3 is 43.2 Å². The van der Waals surface area contributed by atoms with Crippen molar-refractivity contribution in [1.82, 2.24) is 44.9 Å². The first kappa shape index (κ1) is 71.1. The SMILES string of the molecule is [2H]C(C)(C)c1cc(C)nc2oc3c(-c4ccccn4)[c-]cc(C([2H])(C)C)c3c12.[2H]C([2H])([2H])c1c[c-]c(-c2ccccn2)c2oc3nc(C)cc(C([2H])(C)C)c3c12.[2H]C([2H])([2H])c1cc(C)nc2oc3c(-c4ccccn4)[c-]cc(C([2H])(C)C)c3c12.[Ir].[Ir].[Ir].[c-]1ccccc1-c1ccccn1.[c-]1ccccc1-c1ccccn1.[c-]1ccccc1-c1ccccn1. The first-order valence-electron chi connectivity index (χ1n) is 40.9. The minimum Gasteiger partial charge on any atom is -0.486 e. The number of benzene rings is 6. The number of hydrogen-bond acceptors (Lipinski definition) is 12. The normalized spacial score (nSPS) is 12.7. The Balaban J connectivity index is 0.000000160. The molecule has 0 bridgehead atoms. The Morgan fingerprint density at radius 1 is 0.301 bits per heavy atom. The van der Waals surface area contributed by atoms with Gasteiger partial charge in [-0.15, -0.1) is 161 Å². The van der Waals surface area contributed by atoms with E-state index in [2.05, 4.69) is 81.3 Å². The number of furan rings is 3. The largest absolute Gasteiger partial charge is 0.486 e. The van der Waals surface area contributed by atoms with Crippen LogP contribution >= 0.6 is 0 Å². The molecular formula is C98H85Ir3N9O3-6. The average Bonchev–Trinajstić information content (AvgIpc) is 1.59. The van der Waals surface area contributed by atoms with Crippen LogP contribution in [0.4, 0.5) is 0 Å². The molecule has 0 saturated carbocycles. The maximum Gasteiger partial charge on any atom is 0.216 e.